The number of carbonyl (C=O) groups excluding carboxylic acids is 1. The summed E-state index contributed by atoms with van der Waals surface area (Å²) in [4.78, 5) is 23.4. The van der Waals surface area contributed by atoms with Crippen LogP contribution in [0.5, 0.6) is 0 Å². The molecule has 0 radical (unpaired) electrons. The highest BCUT2D eigenvalue weighted by Gasteiger charge is 2.51. The van der Waals surface area contributed by atoms with E-state index in [-0.39, 0.29) is 6.04 Å². The summed E-state index contributed by atoms with van der Waals surface area (Å²) in [5, 5.41) is 12.5. The van der Waals surface area contributed by atoms with Crippen LogP contribution in [0.4, 0.5) is 0 Å². The van der Waals surface area contributed by atoms with Gasteiger partial charge in [0.05, 0.1) is 6.04 Å². The molecule has 2 N–H and O–H groups in total. The Bertz CT molecular complexity index is 511. The van der Waals surface area contributed by atoms with Gasteiger partial charge in [-0.15, -0.1) is 0 Å². The zero-order valence-corrected chi connectivity index (χ0v) is 11.4. The Morgan fingerprint density at radius 2 is 2.00 bits per heavy atom. The van der Waals surface area contributed by atoms with Gasteiger partial charge in [0.1, 0.15) is 5.41 Å². The van der Waals surface area contributed by atoms with Crippen molar-refractivity contribution in [2.45, 2.75) is 32.2 Å². The van der Waals surface area contributed by atoms with Crippen LogP contribution < -0.4 is 5.32 Å². The molecule has 0 heterocycles. The van der Waals surface area contributed by atoms with Crippen LogP contribution in [0, 0.1) is 5.41 Å². The average Bonchev–Trinajstić information content (AvgIpc) is 2.26. The van der Waals surface area contributed by atoms with Crippen LogP contribution in [0.1, 0.15) is 37.8 Å². The van der Waals surface area contributed by atoms with Crippen molar-refractivity contribution in [3.05, 3.63) is 34.9 Å². The van der Waals surface area contributed by atoms with Gasteiger partial charge in [-0.05, 0) is 31.4 Å². The van der Waals surface area contributed by atoms with Crippen LogP contribution in [0.2, 0.25) is 5.02 Å². The summed E-state index contributed by atoms with van der Waals surface area (Å²) < 4.78 is 0. The molecule has 1 fully saturated rings. The minimum Gasteiger partial charge on any atom is -0.480 e. The fourth-order valence-electron chi connectivity index (χ4n) is 2.31. The van der Waals surface area contributed by atoms with Gasteiger partial charge in [-0.2, -0.15) is 0 Å². The van der Waals surface area contributed by atoms with Crippen LogP contribution in [-0.2, 0) is 9.59 Å². The third kappa shape index (κ3) is 2.45. The highest BCUT2D eigenvalue weighted by molar-refractivity contribution is 6.31. The molecule has 0 spiro atoms. The van der Waals surface area contributed by atoms with Gasteiger partial charge in [-0.25, -0.2) is 0 Å². The SMILES string of the molecule is CC(NC(=O)C1(C(=O)O)CCC1)c1ccccc1Cl. The van der Waals surface area contributed by atoms with Gasteiger partial charge >= 0.3 is 5.97 Å². The summed E-state index contributed by atoms with van der Waals surface area (Å²) in [6, 6.07) is 6.90. The largest absolute Gasteiger partial charge is 0.480 e. The maximum atomic E-state index is 12.1. The van der Waals surface area contributed by atoms with E-state index < -0.39 is 17.3 Å². The maximum absolute atomic E-state index is 12.1. The third-order valence-corrected chi connectivity index (χ3v) is 4.11. The molecule has 0 saturated heterocycles. The minimum absolute atomic E-state index is 0.307. The Morgan fingerprint density at radius 3 is 2.47 bits per heavy atom. The molecular weight excluding hydrogens is 266 g/mol. The van der Waals surface area contributed by atoms with E-state index in [0.29, 0.717) is 17.9 Å². The van der Waals surface area contributed by atoms with Crippen molar-refractivity contribution >= 4 is 23.5 Å². The molecular formula is C14H16ClNO3. The number of hydrogen-bond acceptors (Lipinski definition) is 2. The van der Waals surface area contributed by atoms with E-state index in [1.165, 1.54) is 0 Å². The smallest absolute Gasteiger partial charge is 0.319 e. The lowest BCUT2D eigenvalue weighted by Gasteiger charge is -2.36. The number of benzene rings is 1. The zero-order valence-electron chi connectivity index (χ0n) is 10.6. The number of amides is 1. The monoisotopic (exact) mass is 281 g/mol. The molecule has 1 aromatic rings. The molecule has 0 aliphatic heterocycles. The molecule has 102 valence electrons. The molecule has 1 atom stereocenters. The predicted octanol–water partition coefficient (Wildman–Crippen LogP) is 2.77. The second-order valence-corrected chi connectivity index (χ2v) is 5.36. The van der Waals surface area contributed by atoms with E-state index in [9.17, 15) is 14.7 Å². The first-order valence-electron chi connectivity index (χ1n) is 6.26. The molecule has 1 aromatic carbocycles. The summed E-state index contributed by atoms with van der Waals surface area (Å²) in [7, 11) is 0. The van der Waals surface area contributed by atoms with Gasteiger partial charge in [-0.1, -0.05) is 36.2 Å². The molecule has 5 heteroatoms. The number of nitrogens with one attached hydrogen (secondary N) is 1. The summed E-state index contributed by atoms with van der Waals surface area (Å²) >= 11 is 6.06. The number of halogens is 1. The molecule has 4 nitrogen and oxygen atoms in total. The van der Waals surface area contributed by atoms with Crippen molar-refractivity contribution in [2.24, 2.45) is 5.41 Å². The van der Waals surface area contributed by atoms with Gasteiger partial charge < -0.3 is 10.4 Å². The van der Waals surface area contributed by atoms with E-state index in [0.717, 1.165) is 12.0 Å². The topological polar surface area (TPSA) is 66.4 Å². The molecule has 0 aromatic heterocycles. The third-order valence-electron chi connectivity index (χ3n) is 3.77. The van der Waals surface area contributed by atoms with Crippen molar-refractivity contribution < 1.29 is 14.7 Å². The summed E-state index contributed by atoms with van der Waals surface area (Å²) in [6.45, 7) is 1.80. The fraction of sp³-hybridized carbons (Fsp3) is 0.429. The first-order valence-corrected chi connectivity index (χ1v) is 6.64. The quantitative estimate of drug-likeness (QED) is 0.834. The molecule has 1 saturated carbocycles. The number of carbonyl (C=O) groups is 2. The molecule has 1 aliphatic rings. The highest BCUT2D eigenvalue weighted by Crippen LogP contribution is 2.42. The predicted molar refractivity (Wildman–Crippen MR) is 71.9 cm³/mol. The normalized spacial score (nSPS) is 18.2. The number of hydrogen-bond donors (Lipinski definition) is 2. The Labute approximate surface area is 116 Å². The summed E-state index contributed by atoms with van der Waals surface area (Å²) in [5.41, 5.74) is -0.451. The van der Waals surface area contributed by atoms with Crippen molar-refractivity contribution in [3.63, 3.8) is 0 Å². The second-order valence-electron chi connectivity index (χ2n) is 4.96. The number of carboxylic acid groups (broad SMARTS) is 1. The van der Waals surface area contributed by atoms with Crippen LogP contribution in [0.15, 0.2) is 24.3 Å². The standard InChI is InChI=1S/C14H16ClNO3/c1-9(10-5-2-3-6-11(10)15)16-12(17)14(13(18)19)7-4-8-14/h2-3,5-6,9H,4,7-8H2,1H3,(H,16,17)(H,18,19). The minimum atomic E-state index is -1.24. The van der Waals surface area contributed by atoms with Gasteiger partial charge in [-0.3, -0.25) is 9.59 Å². The van der Waals surface area contributed by atoms with Crippen LogP contribution in [0.25, 0.3) is 0 Å². The lowest BCUT2D eigenvalue weighted by molar-refractivity contribution is -0.162. The molecule has 1 aliphatic carbocycles. The summed E-state index contributed by atoms with van der Waals surface area (Å²) in [6.07, 6.45) is 1.59. The van der Waals surface area contributed by atoms with Crippen molar-refractivity contribution in [2.75, 3.05) is 0 Å². The van der Waals surface area contributed by atoms with Gasteiger partial charge in [0, 0.05) is 5.02 Å². The Kier molecular flexibility index (Phi) is 3.80. The highest BCUT2D eigenvalue weighted by atomic mass is 35.5. The zero-order chi connectivity index (χ0) is 14.0. The Morgan fingerprint density at radius 1 is 1.37 bits per heavy atom. The maximum Gasteiger partial charge on any atom is 0.319 e. The van der Waals surface area contributed by atoms with E-state index >= 15 is 0 Å². The van der Waals surface area contributed by atoms with Crippen LogP contribution >= 0.6 is 11.6 Å². The number of aliphatic carboxylic acids is 1. The lowest BCUT2D eigenvalue weighted by atomic mass is 9.68. The van der Waals surface area contributed by atoms with Crippen molar-refractivity contribution in [1.82, 2.24) is 5.32 Å². The number of rotatable bonds is 4. The van der Waals surface area contributed by atoms with Crippen LogP contribution in [0.3, 0.4) is 0 Å². The Balaban J connectivity index is 2.11. The molecule has 1 unspecified atom stereocenters. The van der Waals surface area contributed by atoms with Crippen molar-refractivity contribution in [1.29, 1.82) is 0 Å². The molecule has 0 bridgehead atoms. The lowest BCUT2D eigenvalue weighted by Crippen LogP contribution is -2.51. The first-order chi connectivity index (χ1) is 8.97. The van der Waals surface area contributed by atoms with E-state index in [2.05, 4.69) is 5.32 Å². The molecule has 19 heavy (non-hydrogen) atoms. The molecule has 1 amide bonds. The first kappa shape index (κ1) is 13.9. The summed E-state index contributed by atoms with van der Waals surface area (Å²) in [5.74, 6) is -1.46. The van der Waals surface area contributed by atoms with E-state index in [1.807, 2.05) is 18.2 Å². The van der Waals surface area contributed by atoms with Crippen molar-refractivity contribution in [3.8, 4) is 0 Å². The van der Waals surface area contributed by atoms with E-state index in [1.54, 1.807) is 13.0 Å². The average molecular weight is 282 g/mol. The van der Waals surface area contributed by atoms with Gasteiger partial charge in [0.2, 0.25) is 5.91 Å². The van der Waals surface area contributed by atoms with Gasteiger partial charge in [0.25, 0.3) is 0 Å². The fourth-order valence-corrected chi connectivity index (χ4v) is 2.61. The second kappa shape index (κ2) is 5.21. The van der Waals surface area contributed by atoms with Gasteiger partial charge in [0.15, 0.2) is 0 Å². The van der Waals surface area contributed by atoms with Crippen LogP contribution in [-0.4, -0.2) is 17.0 Å². The number of carboxylic acids is 1. The molecule has 2 rings (SSSR count). The van der Waals surface area contributed by atoms with E-state index in [4.69, 9.17) is 11.6 Å². The Hall–Kier alpha value is -1.55.